The summed E-state index contributed by atoms with van der Waals surface area (Å²) in [4.78, 5) is 0. The lowest BCUT2D eigenvalue weighted by molar-refractivity contribution is 0.450. The topological polar surface area (TPSA) is 12.0 Å². The summed E-state index contributed by atoms with van der Waals surface area (Å²) in [7, 11) is 0. The summed E-state index contributed by atoms with van der Waals surface area (Å²) in [5.74, 6) is 0.451. The fraction of sp³-hybridized carbons (Fsp3) is 0.571. The molecule has 0 aliphatic carbocycles. The van der Waals surface area contributed by atoms with E-state index in [0.29, 0.717) is 17.6 Å². The molecule has 1 unspecified atom stereocenters. The van der Waals surface area contributed by atoms with E-state index in [-0.39, 0.29) is 5.82 Å². The maximum Gasteiger partial charge on any atom is 0.125 e. The van der Waals surface area contributed by atoms with Gasteiger partial charge in [0, 0.05) is 17.6 Å². The molecule has 1 rings (SSSR count). The summed E-state index contributed by atoms with van der Waals surface area (Å²) in [6.07, 6.45) is 2.35. The van der Waals surface area contributed by atoms with Gasteiger partial charge in [0.05, 0.1) is 0 Å². The molecule has 0 saturated heterocycles. The zero-order chi connectivity index (χ0) is 12.8. The van der Waals surface area contributed by atoms with E-state index in [0.717, 1.165) is 17.9 Å². The Hall–Kier alpha value is -0.600. The van der Waals surface area contributed by atoms with E-state index in [4.69, 9.17) is 11.6 Å². The number of nitrogens with one attached hydrogen (secondary N) is 1. The van der Waals surface area contributed by atoms with E-state index < -0.39 is 0 Å². The van der Waals surface area contributed by atoms with Crippen LogP contribution in [-0.4, -0.2) is 6.04 Å². The van der Waals surface area contributed by atoms with Crippen molar-refractivity contribution >= 4 is 11.6 Å². The summed E-state index contributed by atoms with van der Waals surface area (Å²) in [6.45, 7) is 7.26. The van der Waals surface area contributed by atoms with Crippen molar-refractivity contribution in [2.45, 2.75) is 46.2 Å². The summed E-state index contributed by atoms with van der Waals surface area (Å²) in [5, 5.41) is 3.84. The molecule has 17 heavy (non-hydrogen) atoms. The first kappa shape index (κ1) is 14.5. The molecule has 1 aromatic rings. The van der Waals surface area contributed by atoms with Gasteiger partial charge in [0.1, 0.15) is 5.82 Å². The Morgan fingerprint density at radius 2 is 1.88 bits per heavy atom. The molecule has 0 aliphatic rings. The Balaban J connectivity index is 2.39. The Morgan fingerprint density at radius 1 is 1.18 bits per heavy atom. The highest BCUT2D eigenvalue weighted by Crippen LogP contribution is 2.14. The second-order valence-electron chi connectivity index (χ2n) is 5.03. The number of halogens is 2. The third-order valence-corrected chi connectivity index (χ3v) is 2.97. The van der Waals surface area contributed by atoms with Gasteiger partial charge < -0.3 is 5.32 Å². The van der Waals surface area contributed by atoms with Crippen molar-refractivity contribution in [3.8, 4) is 0 Å². The van der Waals surface area contributed by atoms with Crippen molar-refractivity contribution in [2.75, 3.05) is 0 Å². The Bertz CT molecular complexity index is 332. The Morgan fingerprint density at radius 3 is 2.47 bits per heavy atom. The fourth-order valence-corrected chi connectivity index (χ4v) is 1.93. The lowest BCUT2D eigenvalue weighted by Crippen LogP contribution is -2.25. The van der Waals surface area contributed by atoms with Crippen LogP contribution >= 0.6 is 11.6 Å². The maximum atomic E-state index is 13.1. The van der Waals surface area contributed by atoms with Gasteiger partial charge in [-0.05, 0) is 49.4 Å². The van der Waals surface area contributed by atoms with Gasteiger partial charge in [0.15, 0.2) is 0 Å². The fourth-order valence-electron chi connectivity index (χ4n) is 1.69. The summed E-state index contributed by atoms with van der Waals surface area (Å²) in [6, 6.07) is 5.09. The summed E-state index contributed by atoms with van der Waals surface area (Å²) >= 11 is 5.80. The quantitative estimate of drug-likeness (QED) is 0.797. The molecule has 0 heterocycles. The van der Waals surface area contributed by atoms with E-state index in [1.54, 1.807) is 6.07 Å². The van der Waals surface area contributed by atoms with E-state index >= 15 is 0 Å². The Kier molecular flexibility index (Phi) is 5.93. The Labute approximate surface area is 108 Å². The van der Waals surface area contributed by atoms with Crippen molar-refractivity contribution in [1.29, 1.82) is 0 Å². The van der Waals surface area contributed by atoms with Crippen molar-refractivity contribution in [2.24, 2.45) is 5.92 Å². The molecule has 0 bridgehead atoms. The van der Waals surface area contributed by atoms with Crippen LogP contribution in [0.2, 0.25) is 5.02 Å². The standard InChI is InChI=1S/C14H21ClFN/c1-10(2)4-5-11(3)17-9-12-6-13(15)8-14(16)7-12/h6-8,10-11,17H,4-5,9H2,1-3H3. The van der Waals surface area contributed by atoms with Gasteiger partial charge in [-0.15, -0.1) is 0 Å². The monoisotopic (exact) mass is 257 g/mol. The third-order valence-electron chi connectivity index (χ3n) is 2.75. The van der Waals surface area contributed by atoms with Gasteiger partial charge in [0.25, 0.3) is 0 Å². The molecule has 0 amide bonds. The van der Waals surface area contributed by atoms with E-state index in [1.807, 2.05) is 0 Å². The normalized spacial score (nSPS) is 13.1. The van der Waals surface area contributed by atoms with E-state index in [2.05, 4.69) is 26.1 Å². The average molecular weight is 258 g/mol. The maximum absolute atomic E-state index is 13.1. The number of hydrogen-bond acceptors (Lipinski definition) is 1. The molecule has 0 saturated carbocycles. The lowest BCUT2D eigenvalue weighted by atomic mass is 10.0. The molecule has 1 N–H and O–H groups in total. The molecule has 0 fully saturated rings. The second-order valence-corrected chi connectivity index (χ2v) is 5.47. The first-order valence-electron chi connectivity index (χ1n) is 6.15. The minimum Gasteiger partial charge on any atom is -0.310 e. The van der Waals surface area contributed by atoms with Crippen molar-refractivity contribution < 1.29 is 4.39 Å². The van der Waals surface area contributed by atoms with Crippen LogP contribution < -0.4 is 5.32 Å². The molecule has 3 heteroatoms. The molecule has 1 aromatic carbocycles. The van der Waals surface area contributed by atoms with Gasteiger partial charge in [-0.25, -0.2) is 4.39 Å². The largest absolute Gasteiger partial charge is 0.310 e. The predicted molar refractivity (Wildman–Crippen MR) is 71.8 cm³/mol. The number of rotatable bonds is 6. The smallest absolute Gasteiger partial charge is 0.125 e. The van der Waals surface area contributed by atoms with Gasteiger partial charge in [-0.3, -0.25) is 0 Å². The van der Waals surface area contributed by atoms with Crippen molar-refractivity contribution in [1.82, 2.24) is 5.32 Å². The van der Waals surface area contributed by atoms with E-state index in [1.165, 1.54) is 18.6 Å². The average Bonchev–Trinajstić information content (AvgIpc) is 2.22. The van der Waals surface area contributed by atoms with Crippen molar-refractivity contribution in [3.05, 3.63) is 34.6 Å². The van der Waals surface area contributed by atoms with Crippen LogP contribution in [0.25, 0.3) is 0 Å². The molecule has 1 atom stereocenters. The second kappa shape index (κ2) is 6.97. The highest BCUT2D eigenvalue weighted by atomic mass is 35.5. The van der Waals surface area contributed by atoms with Crippen LogP contribution in [0.4, 0.5) is 4.39 Å². The summed E-state index contributed by atoms with van der Waals surface area (Å²) in [5.41, 5.74) is 0.895. The first-order chi connectivity index (χ1) is 7.97. The molecule has 0 spiro atoms. The van der Waals surface area contributed by atoms with Crippen LogP contribution in [-0.2, 0) is 6.54 Å². The minimum atomic E-state index is -0.274. The molecule has 0 aliphatic heterocycles. The van der Waals surface area contributed by atoms with Gasteiger partial charge in [-0.2, -0.15) is 0 Å². The van der Waals surface area contributed by atoms with Gasteiger partial charge in [-0.1, -0.05) is 25.4 Å². The van der Waals surface area contributed by atoms with Gasteiger partial charge >= 0.3 is 0 Å². The molecular weight excluding hydrogens is 237 g/mol. The predicted octanol–water partition coefficient (Wildman–Crippen LogP) is 4.39. The molecular formula is C14H21ClFN. The zero-order valence-corrected chi connectivity index (χ0v) is 11.5. The molecule has 0 aromatic heterocycles. The van der Waals surface area contributed by atoms with Crippen LogP contribution in [0.5, 0.6) is 0 Å². The number of benzene rings is 1. The van der Waals surface area contributed by atoms with Crippen LogP contribution in [0.15, 0.2) is 18.2 Å². The van der Waals surface area contributed by atoms with Gasteiger partial charge in [0.2, 0.25) is 0 Å². The first-order valence-corrected chi connectivity index (χ1v) is 6.53. The summed E-state index contributed by atoms with van der Waals surface area (Å²) < 4.78 is 13.1. The lowest BCUT2D eigenvalue weighted by Gasteiger charge is -2.15. The minimum absolute atomic E-state index is 0.274. The van der Waals surface area contributed by atoms with Crippen LogP contribution in [0.3, 0.4) is 0 Å². The molecule has 96 valence electrons. The van der Waals surface area contributed by atoms with E-state index in [9.17, 15) is 4.39 Å². The molecule has 0 radical (unpaired) electrons. The van der Waals surface area contributed by atoms with Crippen LogP contribution in [0.1, 0.15) is 39.2 Å². The van der Waals surface area contributed by atoms with Crippen molar-refractivity contribution in [3.63, 3.8) is 0 Å². The molecule has 1 nitrogen and oxygen atoms in total. The SMILES string of the molecule is CC(C)CCC(C)NCc1cc(F)cc(Cl)c1. The highest BCUT2D eigenvalue weighted by molar-refractivity contribution is 6.30. The van der Waals surface area contributed by atoms with Crippen LogP contribution in [0, 0.1) is 11.7 Å². The third kappa shape index (κ3) is 6.04. The zero-order valence-electron chi connectivity index (χ0n) is 10.8. The number of hydrogen-bond donors (Lipinski definition) is 1. The highest BCUT2D eigenvalue weighted by Gasteiger charge is 2.04.